The monoisotopic (exact) mass is 256 g/mol. The van der Waals surface area contributed by atoms with Crippen molar-refractivity contribution in [3.63, 3.8) is 0 Å². The quantitative estimate of drug-likeness (QED) is 0.380. The average Bonchev–Trinajstić information content (AvgIpc) is 2.39. The Morgan fingerprint density at radius 1 is 1.21 bits per heavy atom. The minimum absolute atomic E-state index is 0.0545. The van der Waals surface area contributed by atoms with Gasteiger partial charge in [0.05, 0.1) is 16.8 Å². The van der Waals surface area contributed by atoms with E-state index in [1.165, 1.54) is 18.3 Å². The Labute approximate surface area is 109 Å². The van der Waals surface area contributed by atoms with E-state index >= 15 is 0 Å². The molecule has 0 unspecified atom stereocenters. The lowest BCUT2D eigenvalue weighted by atomic mass is 10.2. The van der Waals surface area contributed by atoms with Gasteiger partial charge in [0, 0.05) is 23.4 Å². The van der Waals surface area contributed by atoms with Gasteiger partial charge in [0.25, 0.3) is 5.69 Å². The van der Waals surface area contributed by atoms with Gasteiger partial charge in [0.1, 0.15) is 0 Å². The molecule has 0 fully saturated rings. The molecular weight excluding hydrogens is 244 g/mol. The summed E-state index contributed by atoms with van der Waals surface area (Å²) < 4.78 is 0. The first-order valence-electron chi connectivity index (χ1n) is 5.54. The number of benzene rings is 2. The van der Waals surface area contributed by atoms with E-state index in [1.54, 1.807) is 6.07 Å². The molecule has 2 rings (SSSR count). The number of anilines is 2. The Balaban J connectivity index is 2.12. The fourth-order valence-electron chi connectivity index (χ4n) is 1.53. The zero-order valence-corrected chi connectivity index (χ0v) is 9.98. The van der Waals surface area contributed by atoms with Crippen molar-refractivity contribution in [2.75, 3.05) is 11.2 Å². The molecule has 0 atom stereocenters. The third-order valence-corrected chi connectivity index (χ3v) is 2.35. The maximum absolute atomic E-state index is 10.7. The molecule has 0 spiro atoms. The molecule has 2 aromatic rings. The van der Waals surface area contributed by atoms with Crippen LogP contribution in [0.2, 0.25) is 0 Å². The molecule has 19 heavy (non-hydrogen) atoms. The zero-order valence-electron chi connectivity index (χ0n) is 9.98. The third kappa shape index (κ3) is 3.53. The lowest BCUT2D eigenvalue weighted by Gasteiger charge is -2.00. The van der Waals surface area contributed by atoms with Crippen LogP contribution in [0.4, 0.5) is 17.1 Å². The van der Waals surface area contributed by atoms with Crippen LogP contribution in [-0.4, -0.2) is 11.1 Å². The highest BCUT2D eigenvalue weighted by Crippen LogP contribution is 2.17. The van der Waals surface area contributed by atoms with E-state index in [0.29, 0.717) is 11.3 Å². The molecule has 0 saturated carbocycles. The van der Waals surface area contributed by atoms with E-state index in [-0.39, 0.29) is 5.69 Å². The van der Waals surface area contributed by atoms with Gasteiger partial charge >= 0.3 is 0 Å². The Morgan fingerprint density at radius 3 is 2.63 bits per heavy atom. The van der Waals surface area contributed by atoms with Gasteiger partial charge in [-0.3, -0.25) is 15.5 Å². The number of nitrogens with zero attached hydrogens (tertiary/aromatic N) is 2. The van der Waals surface area contributed by atoms with Gasteiger partial charge in [0.2, 0.25) is 0 Å². The van der Waals surface area contributed by atoms with Crippen molar-refractivity contribution < 1.29 is 4.92 Å². The van der Waals surface area contributed by atoms with Gasteiger partial charge in [-0.1, -0.05) is 18.2 Å². The number of nitrogens with two attached hydrogens (primary N) is 1. The number of non-ortho nitro benzene ring substituents is 1. The van der Waals surface area contributed by atoms with Crippen LogP contribution in [0.1, 0.15) is 5.56 Å². The molecule has 0 aromatic heterocycles. The molecule has 0 bridgehead atoms. The molecule has 0 amide bonds. The number of hydrogen-bond acceptors (Lipinski definition) is 5. The van der Waals surface area contributed by atoms with Crippen LogP contribution in [0, 0.1) is 10.1 Å². The van der Waals surface area contributed by atoms with Gasteiger partial charge in [-0.2, -0.15) is 5.10 Å². The van der Waals surface area contributed by atoms with Crippen molar-refractivity contribution in [1.29, 1.82) is 0 Å². The van der Waals surface area contributed by atoms with E-state index in [0.717, 1.165) is 5.69 Å². The fraction of sp³-hybridized carbons (Fsp3) is 0. The summed E-state index contributed by atoms with van der Waals surface area (Å²) in [6.07, 6.45) is 1.48. The largest absolute Gasteiger partial charge is 0.399 e. The smallest absolute Gasteiger partial charge is 0.272 e. The molecule has 0 radical (unpaired) electrons. The Morgan fingerprint density at radius 2 is 1.95 bits per heavy atom. The van der Waals surface area contributed by atoms with Crippen LogP contribution in [0.15, 0.2) is 53.6 Å². The Kier molecular flexibility index (Phi) is 3.72. The number of nitro benzene ring substituents is 1. The summed E-state index contributed by atoms with van der Waals surface area (Å²) in [7, 11) is 0. The highest BCUT2D eigenvalue weighted by molar-refractivity contribution is 5.83. The molecule has 2 aromatic carbocycles. The summed E-state index contributed by atoms with van der Waals surface area (Å²) in [6.45, 7) is 0. The van der Waals surface area contributed by atoms with Gasteiger partial charge in [-0.15, -0.1) is 0 Å². The van der Waals surface area contributed by atoms with E-state index < -0.39 is 4.92 Å². The molecular formula is C13H12N4O2. The Bertz CT molecular complexity index is 611. The fourth-order valence-corrected chi connectivity index (χ4v) is 1.53. The summed E-state index contributed by atoms with van der Waals surface area (Å²) in [5, 5.41) is 14.7. The van der Waals surface area contributed by atoms with E-state index in [2.05, 4.69) is 10.5 Å². The van der Waals surface area contributed by atoms with Crippen molar-refractivity contribution in [3.05, 3.63) is 64.2 Å². The lowest BCUT2D eigenvalue weighted by Crippen LogP contribution is -1.95. The molecule has 0 saturated heterocycles. The number of nitro groups is 1. The molecule has 6 heteroatoms. The highest BCUT2D eigenvalue weighted by Gasteiger charge is 2.07. The van der Waals surface area contributed by atoms with E-state index in [4.69, 9.17) is 5.73 Å². The van der Waals surface area contributed by atoms with Gasteiger partial charge in [-0.05, 0) is 18.2 Å². The van der Waals surface area contributed by atoms with Crippen LogP contribution in [0.5, 0.6) is 0 Å². The van der Waals surface area contributed by atoms with Crippen LogP contribution < -0.4 is 11.2 Å². The molecule has 0 aliphatic rings. The van der Waals surface area contributed by atoms with E-state index in [9.17, 15) is 10.1 Å². The average molecular weight is 256 g/mol. The first kappa shape index (κ1) is 12.6. The number of para-hydroxylation sites is 1. The summed E-state index contributed by atoms with van der Waals surface area (Å²) in [6, 6.07) is 13.7. The highest BCUT2D eigenvalue weighted by atomic mass is 16.6. The normalized spacial score (nSPS) is 10.5. The molecule has 0 aliphatic carbocycles. The van der Waals surface area contributed by atoms with Crippen molar-refractivity contribution in [3.8, 4) is 0 Å². The Hall–Kier alpha value is -2.89. The second kappa shape index (κ2) is 5.63. The lowest BCUT2D eigenvalue weighted by molar-refractivity contribution is -0.384. The van der Waals surface area contributed by atoms with Crippen molar-refractivity contribution in [2.24, 2.45) is 5.10 Å². The number of rotatable bonds is 4. The third-order valence-electron chi connectivity index (χ3n) is 2.35. The first-order chi connectivity index (χ1) is 9.15. The molecule has 3 N–H and O–H groups in total. The number of hydrogen-bond donors (Lipinski definition) is 2. The standard InChI is InChI=1S/C13H12N4O2/c14-11-6-10(7-13(8-11)17(18)19)9-15-16-12-4-2-1-3-5-12/h1-9,16H,14H2. The zero-order chi connectivity index (χ0) is 13.7. The second-order valence-electron chi connectivity index (χ2n) is 3.85. The predicted octanol–water partition coefficient (Wildman–Crippen LogP) is 2.62. The van der Waals surface area contributed by atoms with Crippen LogP contribution >= 0.6 is 0 Å². The van der Waals surface area contributed by atoms with Crippen LogP contribution in [0.3, 0.4) is 0 Å². The summed E-state index contributed by atoms with van der Waals surface area (Å²) >= 11 is 0. The van der Waals surface area contributed by atoms with Gasteiger partial charge in [0.15, 0.2) is 0 Å². The van der Waals surface area contributed by atoms with Crippen molar-refractivity contribution in [1.82, 2.24) is 0 Å². The SMILES string of the molecule is Nc1cc(C=NNc2ccccc2)cc([N+](=O)[O-])c1. The number of hydrazone groups is 1. The van der Waals surface area contributed by atoms with Gasteiger partial charge in [-0.25, -0.2) is 0 Å². The van der Waals surface area contributed by atoms with Gasteiger partial charge < -0.3 is 5.73 Å². The predicted molar refractivity (Wildman–Crippen MR) is 75.2 cm³/mol. The molecule has 96 valence electrons. The number of nitrogens with one attached hydrogen (secondary N) is 1. The summed E-state index contributed by atoms with van der Waals surface area (Å²) in [5.41, 5.74) is 10.1. The molecule has 0 heterocycles. The van der Waals surface area contributed by atoms with Crippen LogP contribution in [-0.2, 0) is 0 Å². The minimum atomic E-state index is -0.488. The molecule has 6 nitrogen and oxygen atoms in total. The maximum atomic E-state index is 10.7. The first-order valence-corrected chi connectivity index (χ1v) is 5.54. The van der Waals surface area contributed by atoms with Crippen molar-refractivity contribution in [2.45, 2.75) is 0 Å². The van der Waals surface area contributed by atoms with E-state index in [1.807, 2.05) is 30.3 Å². The number of nitrogen functional groups attached to an aromatic ring is 1. The topological polar surface area (TPSA) is 93.5 Å². The minimum Gasteiger partial charge on any atom is -0.399 e. The van der Waals surface area contributed by atoms with Crippen molar-refractivity contribution >= 4 is 23.3 Å². The second-order valence-corrected chi connectivity index (χ2v) is 3.85. The summed E-state index contributed by atoms with van der Waals surface area (Å²) in [5.74, 6) is 0. The maximum Gasteiger partial charge on any atom is 0.272 e. The van der Waals surface area contributed by atoms with Crippen LogP contribution in [0.25, 0.3) is 0 Å². The summed E-state index contributed by atoms with van der Waals surface area (Å²) in [4.78, 5) is 10.2. The molecule has 0 aliphatic heterocycles.